The van der Waals surface area contributed by atoms with E-state index >= 15 is 0 Å². The van der Waals surface area contributed by atoms with Crippen LogP contribution < -0.4 is 5.32 Å². The summed E-state index contributed by atoms with van der Waals surface area (Å²) in [6.07, 6.45) is 0. The summed E-state index contributed by atoms with van der Waals surface area (Å²) in [5.74, 6) is -0.163. The highest BCUT2D eigenvalue weighted by atomic mass is 35.5. The third-order valence-corrected chi connectivity index (χ3v) is 2.88. The van der Waals surface area contributed by atoms with Gasteiger partial charge in [-0.15, -0.1) is 0 Å². The van der Waals surface area contributed by atoms with E-state index in [1.807, 2.05) is 0 Å². The number of rotatable bonds is 3. The number of aryl methyl sites for hydroxylation is 2. The molecular weight excluding hydrogens is 284 g/mol. The average Bonchev–Trinajstić information content (AvgIpc) is 2.67. The highest BCUT2D eigenvalue weighted by Crippen LogP contribution is 2.23. The predicted molar refractivity (Wildman–Crippen MR) is 74.0 cm³/mol. The molecule has 2 rings (SSSR count). The van der Waals surface area contributed by atoms with Crippen LogP contribution in [-0.4, -0.2) is 20.6 Å². The SMILES string of the molecule is Cc1cc(NC(=O)c2cc(Cl)ccc2[N+](=O)[O-])n(C)n1. The van der Waals surface area contributed by atoms with Crippen LogP contribution in [0.5, 0.6) is 0 Å². The summed E-state index contributed by atoms with van der Waals surface area (Å²) in [5, 5.41) is 17.8. The van der Waals surface area contributed by atoms with E-state index in [0.717, 1.165) is 5.69 Å². The molecule has 1 aromatic heterocycles. The number of carbonyl (C=O) groups excluding carboxylic acids is 1. The largest absolute Gasteiger partial charge is 0.307 e. The number of halogens is 1. The fraction of sp³-hybridized carbons (Fsp3) is 0.167. The average molecular weight is 295 g/mol. The second kappa shape index (κ2) is 5.30. The fourth-order valence-corrected chi connectivity index (χ4v) is 1.93. The highest BCUT2D eigenvalue weighted by molar-refractivity contribution is 6.31. The fourth-order valence-electron chi connectivity index (χ4n) is 1.76. The van der Waals surface area contributed by atoms with Gasteiger partial charge in [0, 0.05) is 24.2 Å². The number of anilines is 1. The van der Waals surface area contributed by atoms with Gasteiger partial charge in [-0.05, 0) is 19.1 Å². The van der Waals surface area contributed by atoms with Crippen LogP contribution in [0.25, 0.3) is 0 Å². The third kappa shape index (κ3) is 2.77. The van der Waals surface area contributed by atoms with Gasteiger partial charge in [-0.25, -0.2) is 0 Å². The van der Waals surface area contributed by atoms with Gasteiger partial charge in [0.25, 0.3) is 11.6 Å². The molecule has 1 amide bonds. The minimum absolute atomic E-state index is 0.0960. The molecule has 20 heavy (non-hydrogen) atoms. The van der Waals surface area contributed by atoms with E-state index in [0.29, 0.717) is 5.82 Å². The summed E-state index contributed by atoms with van der Waals surface area (Å²) in [6.45, 7) is 1.78. The number of benzene rings is 1. The number of hydrogen-bond donors (Lipinski definition) is 1. The standard InChI is InChI=1S/C12H11ClN4O3/c1-7-5-11(16(2)15-7)14-12(18)9-6-8(13)3-4-10(9)17(19)20/h3-6H,1-2H3,(H,14,18). The lowest BCUT2D eigenvalue weighted by Gasteiger charge is -2.06. The number of hydrogen-bond acceptors (Lipinski definition) is 4. The Hall–Kier alpha value is -2.41. The Bertz CT molecular complexity index is 696. The summed E-state index contributed by atoms with van der Waals surface area (Å²) in [6, 6.07) is 5.49. The first kappa shape index (κ1) is 14.0. The Morgan fingerprint density at radius 1 is 1.45 bits per heavy atom. The van der Waals surface area contributed by atoms with Crippen LogP contribution in [0.3, 0.4) is 0 Å². The predicted octanol–water partition coefficient (Wildman–Crippen LogP) is 2.54. The van der Waals surface area contributed by atoms with Crippen molar-refractivity contribution < 1.29 is 9.72 Å². The Morgan fingerprint density at radius 3 is 2.70 bits per heavy atom. The molecule has 0 radical (unpaired) electrons. The van der Waals surface area contributed by atoms with Gasteiger partial charge in [0.2, 0.25) is 0 Å². The number of nitro groups is 1. The second-order valence-corrected chi connectivity index (χ2v) is 4.60. The molecular formula is C12H11ClN4O3. The van der Waals surface area contributed by atoms with Crippen LogP contribution in [0.1, 0.15) is 16.1 Å². The van der Waals surface area contributed by atoms with E-state index in [2.05, 4.69) is 10.4 Å². The summed E-state index contributed by atoms with van der Waals surface area (Å²) in [5.41, 5.74) is 0.329. The molecule has 0 saturated heterocycles. The van der Waals surface area contributed by atoms with Gasteiger partial charge >= 0.3 is 0 Å². The molecule has 0 aliphatic rings. The molecule has 1 N–H and O–H groups in total. The first-order valence-corrected chi connectivity index (χ1v) is 6.02. The van der Waals surface area contributed by atoms with Gasteiger partial charge in [0.05, 0.1) is 10.6 Å². The quantitative estimate of drug-likeness (QED) is 0.695. The van der Waals surface area contributed by atoms with Crippen LogP contribution in [0.4, 0.5) is 11.5 Å². The van der Waals surface area contributed by atoms with Crippen LogP contribution in [0, 0.1) is 17.0 Å². The normalized spacial score (nSPS) is 10.3. The van der Waals surface area contributed by atoms with Crippen LogP contribution in [-0.2, 0) is 7.05 Å². The number of nitro benzene ring substituents is 1. The van der Waals surface area contributed by atoms with Crippen molar-refractivity contribution in [3.63, 3.8) is 0 Å². The lowest BCUT2D eigenvalue weighted by molar-refractivity contribution is -0.385. The zero-order valence-corrected chi connectivity index (χ0v) is 11.5. The Morgan fingerprint density at radius 2 is 2.15 bits per heavy atom. The van der Waals surface area contributed by atoms with Crippen molar-refractivity contribution in [2.24, 2.45) is 7.05 Å². The van der Waals surface area contributed by atoms with E-state index in [9.17, 15) is 14.9 Å². The van der Waals surface area contributed by atoms with Crippen molar-refractivity contribution in [2.75, 3.05) is 5.32 Å². The zero-order chi connectivity index (χ0) is 14.9. The van der Waals surface area contributed by atoms with Crippen LogP contribution in [0.2, 0.25) is 5.02 Å². The topological polar surface area (TPSA) is 90.1 Å². The molecule has 0 bridgehead atoms. The molecule has 0 spiro atoms. The number of amides is 1. The van der Waals surface area contributed by atoms with E-state index in [-0.39, 0.29) is 16.3 Å². The molecule has 7 nitrogen and oxygen atoms in total. The smallest absolute Gasteiger partial charge is 0.282 e. The van der Waals surface area contributed by atoms with E-state index in [4.69, 9.17) is 11.6 Å². The van der Waals surface area contributed by atoms with Gasteiger partial charge in [0.1, 0.15) is 11.4 Å². The molecule has 2 aromatic rings. The van der Waals surface area contributed by atoms with E-state index in [1.165, 1.54) is 22.9 Å². The molecule has 1 heterocycles. The summed E-state index contributed by atoms with van der Waals surface area (Å²) < 4.78 is 1.48. The van der Waals surface area contributed by atoms with Crippen molar-refractivity contribution in [3.8, 4) is 0 Å². The van der Waals surface area contributed by atoms with Crippen LogP contribution in [0.15, 0.2) is 24.3 Å². The molecule has 0 aliphatic heterocycles. The van der Waals surface area contributed by atoms with Crippen molar-refractivity contribution in [2.45, 2.75) is 6.92 Å². The maximum atomic E-state index is 12.1. The van der Waals surface area contributed by atoms with Crippen molar-refractivity contribution in [3.05, 3.63) is 50.7 Å². The Kier molecular flexibility index (Phi) is 3.71. The summed E-state index contributed by atoms with van der Waals surface area (Å²) in [4.78, 5) is 22.4. The number of aromatic nitrogens is 2. The molecule has 0 fully saturated rings. The van der Waals surface area contributed by atoms with Gasteiger partial charge in [0.15, 0.2) is 0 Å². The molecule has 0 unspecified atom stereocenters. The van der Waals surface area contributed by atoms with E-state index < -0.39 is 10.8 Å². The first-order valence-electron chi connectivity index (χ1n) is 5.64. The van der Waals surface area contributed by atoms with Crippen LogP contribution >= 0.6 is 11.6 Å². The summed E-state index contributed by atoms with van der Waals surface area (Å²) >= 11 is 5.78. The molecule has 0 saturated carbocycles. The van der Waals surface area contributed by atoms with E-state index in [1.54, 1.807) is 20.0 Å². The summed E-state index contributed by atoms with van der Waals surface area (Å²) in [7, 11) is 1.66. The van der Waals surface area contributed by atoms with Crippen molar-refractivity contribution in [1.29, 1.82) is 0 Å². The van der Waals surface area contributed by atoms with Gasteiger partial charge in [-0.1, -0.05) is 11.6 Å². The molecule has 104 valence electrons. The number of nitrogens with one attached hydrogen (secondary N) is 1. The van der Waals surface area contributed by atoms with Gasteiger partial charge in [-0.2, -0.15) is 5.10 Å². The zero-order valence-electron chi connectivity index (χ0n) is 10.8. The Labute approximate surface area is 119 Å². The number of nitrogens with zero attached hydrogens (tertiary/aromatic N) is 3. The minimum atomic E-state index is -0.625. The minimum Gasteiger partial charge on any atom is -0.307 e. The van der Waals surface area contributed by atoms with Gasteiger partial charge < -0.3 is 5.32 Å². The number of carbonyl (C=O) groups is 1. The lowest BCUT2D eigenvalue weighted by Crippen LogP contribution is -2.16. The highest BCUT2D eigenvalue weighted by Gasteiger charge is 2.21. The third-order valence-electron chi connectivity index (χ3n) is 2.64. The molecule has 8 heteroatoms. The molecule has 0 atom stereocenters. The van der Waals surface area contributed by atoms with Crippen molar-refractivity contribution >= 4 is 29.0 Å². The maximum Gasteiger partial charge on any atom is 0.282 e. The Balaban J connectivity index is 2.36. The molecule has 0 aliphatic carbocycles. The lowest BCUT2D eigenvalue weighted by atomic mass is 10.1. The maximum absolute atomic E-state index is 12.1. The van der Waals surface area contributed by atoms with Gasteiger partial charge in [-0.3, -0.25) is 19.6 Å². The first-order chi connectivity index (χ1) is 9.38. The second-order valence-electron chi connectivity index (χ2n) is 4.17. The molecule has 1 aromatic carbocycles. The van der Waals surface area contributed by atoms with Crippen molar-refractivity contribution in [1.82, 2.24) is 9.78 Å². The monoisotopic (exact) mass is 294 g/mol.